The van der Waals surface area contributed by atoms with Gasteiger partial charge in [-0.15, -0.1) is 0 Å². The van der Waals surface area contributed by atoms with Crippen LogP contribution < -0.4 is 20.4 Å². The van der Waals surface area contributed by atoms with Crippen molar-refractivity contribution in [1.82, 2.24) is 20.3 Å². The molecular weight excluding hydrogens is 468 g/mol. The Bertz CT molecular complexity index is 1280. The third-order valence-corrected chi connectivity index (χ3v) is 6.66. The summed E-state index contributed by atoms with van der Waals surface area (Å²) < 4.78 is 5.65. The summed E-state index contributed by atoms with van der Waals surface area (Å²) in [5, 5.41) is 25.1. The molecule has 2 unspecified atom stereocenters. The molecule has 0 aliphatic carbocycles. The number of morpholine rings is 1. The van der Waals surface area contributed by atoms with Crippen LogP contribution in [0.2, 0.25) is 0 Å². The van der Waals surface area contributed by atoms with Gasteiger partial charge in [-0.1, -0.05) is 18.2 Å². The predicted molar refractivity (Wildman–Crippen MR) is 145 cm³/mol. The van der Waals surface area contributed by atoms with E-state index in [1.807, 2.05) is 36.4 Å². The van der Waals surface area contributed by atoms with E-state index < -0.39 is 0 Å². The van der Waals surface area contributed by atoms with Gasteiger partial charge in [0.05, 0.1) is 31.6 Å². The van der Waals surface area contributed by atoms with Crippen LogP contribution in [0.4, 0.5) is 17.3 Å². The van der Waals surface area contributed by atoms with Crippen molar-refractivity contribution in [1.29, 1.82) is 5.41 Å². The molecule has 5 rings (SSSR count). The lowest BCUT2D eigenvalue weighted by molar-refractivity contribution is 0.0723. The average molecular weight is 501 g/mol. The molecule has 0 amide bonds. The van der Waals surface area contributed by atoms with Gasteiger partial charge in [0, 0.05) is 43.7 Å². The van der Waals surface area contributed by atoms with E-state index in [1.54, 1.807) is 31.7 Å². The molecule has 2 aromatic heterocycles. The second kappa shape index (κ2) is 10.9. The average Bonchev–Trinajstić information content (AvgIpc) is 3.34. The van der Waals surface area contributed by atoms with Crippen molar-refractivity contribution >= 4 is 23.0 Å². The highest BCUT2D eigenvalue weighted by molar-refractivity contribution is 6.07. The van der Waals surface area contributed by atoms with Crippen LogP contribution in [0, 0.1) is 5.41 Å². The SMILES string of the molecule is CCN1c2nc(-c3cccc(C(=N)/C=C\NC)c3)nc(N3CCOCC3CO)c2NC1c1ccncc1. The molecule has 10 heteroatoms. The first-order chi connectivity index (χ1) is 18.1. The van der Waals surface area contributed by atoms with E-state index in [4.69, 9.17) is 20.1 Å². The summed E-state index contributed by atoms with van der Waals surface area (Å²) >= 11 is 0. The summed E-state index contributed by atoms with van der Waals surface area (Å²) in [5.74, 6) is 2.12. The van der Waals surface area contributed by atoms with Crippen LogP contribution in [0.15, 0.2) is 61.1 Å². The molecule has 0 saturated carbocycles. The topological polar surface area (TPSA) is 123 Å². The number of pyridine rings is 1. The molecule has 4 N–H and O–H groups in total. The van der Waals surface area contributed by atoms with Crippen LogP contribution >= 0.6 is 0 Å². The Labute approximate surface area is 216 Å². The number of rotatable bonds is 8. The number of aromatic nitrogens is 3. The number of nitrogens with one attached hydrogen (secondary N) is 3. The van der Waals surface area contributed by atoms with Crippen LogP contribution in [0.1, 0.15) is 24.2 Å². The number of ether oxygens (including phenoxy) is 1. The van der Waals surface area contributed by atoms with Crippen LogP contribution in [0.25, 0.3) is 11.4 Å². The van der Waals surface area contributed by atoms with Crippen LogP contribution in [0.5, 0.6) is 0 Å². The lowest BCUT2D eigenvalue weighted by Crippen LogP contribution is -2.48. The third-order valence-electron chi connectivity index (χ3n) is 6.66. The van der Waals surface area contributed by atoms with Crippen LogP contribution in [-0.2, 0) is 4.74 Å². The Morgan fingerprint density at radius 3 is 2.81 bits per heavy atom. The van der Waals surface area contributed by atoms with Gasteiger partial charge in [-0.3, -0.25) is 4.98 Å². The Balaban J connectivity index is 1.63. The predicted octanol–water partition coefficient (Wildman–Crippen LogP) is 2.79. The van der Waals surface area contributed by atoms with E-state index in [1.165, 1.54) is 0 Å². The number of fused-ring (bicyclic) bond motifs is 1. The number of hydrogen-bond donors (Lipinski definition) is 4. The van der Waals surface area contributed by atoms with E-state index >= 15 is 0 Å². The number of aliphatic hydroxyl groups is 1. The largest absolute Gasteiger partial charge is 0.394 e. The number of benzene rings is 1. The Kier molecular flexibility index (Phi) is 7.29. The second-order valence-corrected chi connectivity index (χ2v) is 8.90. The van der Waals surface area contributed by atoms with Crippen molar-refractivity contribution in [2.75, 3.05) is 55.1 Å². The van der Waals surface area contributed by atoms with Crippen molar-refractivity contribution in [3.8, 4) is 11.4 Å². The molecule has 10 nitrogen and oxygen atoms in total. The highest BCUT2D eigenvalue weighted by atomic mass is 16.5. The zero-order valence-corrected chi connectivity index (χ0v) is 21.1. The summed E-state index contributed by atoms with van der Waals surface area (Å²) in [7, 11) is 1.80. The molecular formula is C27H32N8O2. The van der Waals surface area contributed by atoms with Crippen molar-refractivity contribution in [2.45, 2.75) is 19.1 Å². The quantitative estimate of drug-likeness (QED) is 0.346. The van der Waals surface area contributed by atoms with Crippen molar-refractivity contribution < 1.29 is 9.84 Å². The number of nitrogens with zero attached hydrogens (tertiary/aromatic N) is 5. The Hall–Kier alpha value is -4.02. The number of anilines is 3. The monoisotopic (exact) mass is 500 g/mol. The minimum Gasteiger partial charge on any atom is -0.394 e. The third kappa shape index (κ3) is 4.85. The number of hydrogen-bond acceptors (Lipinski definition) is 10. The molecule has 0 bridgehead atoms. The summed E-state index contributed by atoms with van der Waals surface area (Å²) in [4.78, 5) is 18.6. The molecule has 37 heavy (non-hydrogen) atoms. The molecule has 2 aliphatic rings. The van der Waals surface area contributed by atoms with Gasteiger partial charge in [0.2, 0.25) is 0 Å². The van der Waals surface area contributed by atoms with Gasteiger partial charge >= 0.3 is 0 Å². The number of aliphatic hydroxyl groups excluding tert-OH is 1. The summed E-state index contributed by atoms with van der Waals surface area (Å²) in [6.45, 7) is 4.40. The lowest BCUT2D eigenvalue weighted by Gasteiger charge is -2.36. The zero-order chi connectivity index (χ0) is 25.8. The minimum atomic E-state index is -0.205. The Morgan fingerprint density at radius 2 is 2.05 bits per heavy atom. The van der Waals surface area contributed by atoms with Crippen molar-refractivity contribution in [3.63, 3.8) is 0 Å². The molecule has 4 heterocycles. The van der Waals surface area contributed by atoms with Gasteiger partial charge in [0.15, 0.2) is 17.5 Å². The maximum Gasteiger partial charge on any atom is 0.164 e. The molecule has 1 saturated heterocycles. The smallest absolute Gasteiger partial charge is 0.164 e. The normalized spacial score (nSPS) is 19.1. The first-order valence-electron chi connectivity index (χ1n) is 12.5. The fourth-order valence-electron chi connectivity index (χ4n) is 4.76. The second-order valence-electron chi connectivity index (χ2n) is 8.90. The van der Waals surface area contributed by atoms with Crippen molar-refractivity contribution in [2.24, 2.45) is 0 Å². The fraction of sp³-hybridized carbons (Fsp3) is 0.333. The van der Waals surface area contributed by atoms with E-state index in [9.17, 15) is 5.11 Å². The van der Waals surface area contributed by atoms with E-state index in [0.717, 1.165) is 40.6 Å². The van der Waals surface area contributed by atoms with E-state index in [2.05, 4.69) is 32.3 Å². The van der Waals surface area contributed by atoms with E-state index in [0.29, 0.717) is 31.3 Å². The highest BCUT2D eigenvalue weighted by Crippen LogP contribution is 2.46. The molecule has 2 aliphatic heterocycles. The molecule has 2 atom stereocenters. The van der Waals surface area contributed by atoms with Gasteiger partial charge in [0.25, 0.3) is 0 Å². The highest BCUT2D eigenvalue weighted by Gasteiger charge is 2.37. The van der Waals surface area contributed by atoms with Gasteiger partial charge < -0.3 is 35.7 Å². The first-order valence-corrected chi connectivity index (χ1v) is 12.5. The van der Waals surface area contributed by atoms with Crippen molar-refractivity contribution in [3.05, 3.63) is 72.2 Å². The molecule has 0 spiro atoms. The minimum absolute atomic E-state index is 0.0379. The maximum atomic E-state index is 10.1. The van der Waals surface area contributed by atoms with Crippen LogP contribution in [-0.4, -0.2) is 71.8 Å². The molecule has 1 aromatic carbocycles. The fourth-order valence-corrected chi connectivity index (χ4v) is 4.76. The summed E-state index contributed by atoms with van der Waals surface area (Å²) in [5.41, 5.74) is 3.90. The first kappa shape index (κ1) is 24.7. The van der Waals surface area contributed by atoms with E-state index in [-0.39, 0.29) is 18.8 Å². The summed E-state index contributed by atoms with van der Waals surface area (Å²) in [6.07, 6.45) is 6.91. The Morgan fingerprint density at radius 1 is 1.24 bits per heavy atom. The molecule has 0 radical (unpaired) electrons. The molecule has 192 valence electrons. The van der Waals surface area contributed by atoms with Crippen LogP contribution in [0.3, 0.4) is 0 Å². The maximum absolute atomic E-state index is 10.1. The summed E-state index contributed by atoms with van der Waals surface area (Å²) in [6, 6.07) is 11.5. The van der Waals surface area contributed by atoms with Gasteiger partial charge in [-0.05, 0) is 43.0 Å². The lowest BCUT2D eigenvalue weighted by atomic mass is 10.1. The standard InChI is InChI=1S/C27H32N8O2/c1-3-34-25(18-7-11-30-12-8-18)31-23-26(34)32-24(33-27(23)35-13-14-37-17-21(35)16-36)20-6-4-5-19(15-20)22(28)9-10-29-2/h4-12,15,21,25,28-29,31,36H,3,13-14,16-17H2,1-2H3/b10-9-,28-22?. The number of allylic oxidation sites excluding steroid dienone is 1. The van der Waals surface area contributed by atoms with Gasteiger partial charge in [-0.25, -0.2) is 9.97 Å². The van der Waals surface area contributed by atoms with Gasteiger partial charge in [0.1, 0.15) is 11.9 Å². The molecule has 3 aromatic rings. The molecule has 1 fully saturated rings. The zero-order valence-electron chi connectivity index (χ0n) is 21.1. The van der Waals surface area contributed by atoms with Gasteiger partial charge in [-0.2, -0.15) is 0 Å².